The van der Waals surface area contributed by atoms with E-state index in [0.29, 0.717) is 17.8 Å². The average Bonchev–Trinajstić information content (AvgIpc) is 3.02. The Kier molecular flexibility index (Phi) is 16.4. The van der Waals surface area contributed by atoms with E-state index in [1.54, 1.807) is 6.08 Å². The minimum absolute atomic E-state index is 0.150. The average molecular weight is 589 g/mol. The van der Waals surface area contributed by atoms with Crippen LogP contribution in [-0.4, -0.2) is 10.9 Å². The van der Waals surface area contributed by atoms with E-state index >= 15 is 0 Å². The number of carbonyl (C=O) groups is 1. The van der Waals surface area contributed by atoms with E-state index in [1.165, 1.54) is 72.8 Å². The molecule has 0 bridgehead atoms. The van der Waals surface area contributed by atoms with E-state index in [4.69, 9.17) is 0 Å². The van der Waals surface area contributed by atoms with Crippen LogP contribution < -0.4 is 0 Å². The lowest BCUT2D eigenvalue weighted by Gasteiger charge is -2.33. The van der Waals surface area contributed by atoms with Crippen molar-refractivity contribution in [2.75, 3.05) is 0 Å². The highest BCUT2D eigenvalue weighted by Crippen LogP contribution is 2.45. The number of aliphatic hydroxyl groups excluding tert-OH is 1. The second-order valence-electron chi connectivity index (χ2n) is 13.4. The largest absolute Gasteiger partial charge is 0.504 e. The van der Waals surface area contributed by atoms with Gasteiger partial charge in [-0.05, 0) is 101 Å². The molecule has 0 aromatic heterocycles. The van der Waals surface area contributed by atoms with E-state index in [2.05, 4.69) is 80.5 Å². The number of carbonyl (C=O) groups excluding carboxylic acids is 1. The van der Waals surface area contributed by atoms with Crippen molar-refractivity contribution in [3.05, 3.63) is 75.0 Å². The number of hydrogen-bond donors (Lipinski definition) is 1. The van der Waals surface area contributed by atoms with Crippen molar-refractivity contribution in [1.29, 1.82) is 0 Å². The zero-order valence-corrected chi connectivity index (χ0v) is 29.3. The standard InChI is InChI=1S/C41H64O2/c1-10-15-20-29(6)35-28-36(41(43)37(42)27-34-25-19-24-33(14-5)26-34)39(31(8)22-17-12-3)40(32(9)23-18-13-4)38(35)30(7)21-16-11-2/h19,24-32,42H,10-18,20-23H2,1-9H3. The molecule has 2 aromatic rings. The van der Waals surface area contributed by atoms with Crippen LogP contribution in [0.5, 0.6) is 0 Å². The fourth-order valence-corrected chi connectivity index (χ4v) is 6.86. The van der Waals surface area contributed by atoms with Gasteiger partial charge in [-0.15, -0.1) is 0 Å². The van der Waals surface area contributed by atoms with E-state index in [0.717, 1.165) is 49.7 Å². The molecular weight excluding hydrogens is 524 g/mol. The normalized spacial score (nSPS) is 14.9. The Bertz CT molecular complexity index is 1160. The van der Waals surface area contributed by atoms with Crippen LogP contribution in [0.4, 0.5) is 0 Å². The Morgan fingerprint density at radius 3 is 1.67 bits per heavy atom. The Morgan fingerprint density at radius 1 is 0.674 bits per heavy atom. The first kappa shape index (κ1) is 36.8. The lowest BCUT2D eigenvalue weighted by molar-refractivity contribution is 0.0978. The lowest BCUT2D eigenvalue weighted by atomic mass is 9.71. The van der Waals surface area contributed by atoms with Gasteiger partial charge in [0.25, 0.3) is 0 Å². The molecule has 2 aromatic carbocycles. The van der Waals surface area contributed by atoms with Crippen molar-refractivity contribution >= 4 is 11.9 Å². The number of allylic oxidation sites excluding steroid dienone is 1. The number of hydrogen-bond acceptors (Lipinski definition) is 2. The SMILES string of the molecule is CCCCC(C)c1cc(C(=O)C(O)=Cc2cccc(CC)c2)c(C(C)CCCC)c(C(C)CCCC)c1C(C)CCCC. The highest BCUT2D eigenvalue weighted by molar-refractivity contribution is 6.11. The monoisotopic (exact) mass is 588 g/mol. The molecule has 0 saturated carbocycles. The molecule has 0 aliphatic heterocycles. The van der Waals surface area contributed by atoms with Gasteiger partial charge in [0.05, 0.1) is 0 Å². The topological polar surface area (TPSA) is 37.3 Å². The molecule has 1 N–H and O–H groups in total. The van der Waals surface area contributed by atoms with Crippen LogP contribution in [0.2, 0.25) is 0 Å². The third-order valence-corrected chi connectivity index (χ3v) is 9.59. The smallest absolute Gasteiger partial charge is 0.227 e. The van der Waals surface area contributed by atoms with Gasteiger partial charge in [0.15, 0.2) is 5.76 Å². The van der Waals surface area contributed by atoms with E-state index in [-0.39, 0.29) is 17.5 Å². The molecule has 43 heavy (non-hydrogen) atoms. The maximum absolute atomic E-state index is 14.4. The molecule has 240 valence electrons. The molecule has 0 fully saturated rings. The van der Waals surface area contributed by atoms with E-state index < -0.39 is 0 Å². The van der Waals surface area contributed by atoms with Crippen LogP contribution in [0.25, 0.3) is 6.08 Å². The first-order chi connectivity index (χ1) is 20.6. The Hall–Kier alpha value is -2.35. The molecular formula is C41H64O2. The fraction of sp³-hybridized carbons (Fsp3) is 0.634. The van der Waals surface area contributed by atoms with Crippen molar-refractivity contribution in [3.8, 4) is 0 Å². The molecule has 2 nitrogen and oxygen atoms in total. The molecule has 4 atom stereocenters. The van der Waals surface area contributed by atoms with Gasteiger partial charge in [-0.3, -0.25) is 4.79 Å². The number of aryl methyl sites for hydroxylation is 1. The number of ketones is 1. The molecule has 4 unspecified atom stereocenters. The van der Waals surface area contributed by atoms with Crippen molar-refractivity contribution < 1.29 is 9.90 Å². The Morgan fingerprint density at radius 2 is 1.16 bits per heavy atom. The predicted octanol–water partition coefficient (Wildman–Crippen LogP) is 13.2. The summed E-state index contributed by atoms with van der Waals surface area (Å²) < 4.78 is 0. The van der Waals surface area contributed by atoms with E-state index in [9.17, 15) is 9.90 Å². The summed E-state index contributed by atoms with van der Waals surface area (Å²) >= 11 is 0. The van der Waals surface area contributed by atoms with Crippen molar-refractivity contribution in [3.63, 3.8) is 0 Å². The zero-order chi connectivity index (χ0) is 31.9. The highest BCUT2D eigenvalue weighted by Gasteiger charge is 2.31. The van der Waals surface area contributed by atoms with Gasteiger partial charge in [-0.25, -0.2) is 0 Å². The van der Waals surface area contributed by atoms with Crippen molar-refractivity contribution in [2.24, 2.45) is 0 Å². The molecule has 0 aliphatic carbocycles. The zero-order valence-electron chi connectivity index (χ0n) is 29.3. The molecule has 0 amide bonds. The first-order valence-electron chi connectivity index (χ1n) is 17.9. The minimum Gasteiger partial charge on any atom is -0.504 e. The van der Waals surface area contributed by atoms with Gasteiger partial charge in [0, 0.05) is 5.56 Å². The summed E-state index contributed by atoms with van der Waals surface area (Å²) in [5.41, 5.74) is 8.35. The molecule has 0 saturated heterocycles. The van der Waals surface area contributed by atoms with Gasteiger partial charge in [-0.2, -0.15) is 0 Å². The fourth-order valence-electron chi connectivity index (χ4n) is 6.86. The highest BCUT2D eigenvalue weighted by atomic mass is 16.3. The Labute approximate surface area is 265 Å². The lowest BCUT2D eigenvalue weighted by Crippen LogP contribution is -2.19. The summed E-state index contributed by atoms with van der Waals surface area (Å²) in [4.78, 5) is 14.4. The third-order valence-electron chi connectivity index (χ3n) is 9.59. The van der Waals surface area contributed by atoms with Crippen LogP contribution in [0.3, 0.4) is 0 Å². The van der Waals surface area contributed by atoms with Gasteiger partial charge >= 0.3 is 0 Å². The number of rotatable bonds is 20. The molecule has 2 rings (SSSR count). The van der Waals surface area contributed by atoms with Crippen molar-refractivity contribution in [1.82, 2.24) is 0 Å². The second kappa shape index (κ2) is 19.1. The number of benzene rings is 2. The third kappa shape index (κ3) is 10.4. The van der Waals surface area contributed by atoms with Crippen LogP contribution in [0.1, 0.15) is 207 Å². The summed E-state index contributed by atoms with van der Waals surface area (Å²) in [6, 6.07) is 10.4. The molecule has 0 heterocycles. The number of Topliss-reactive ketones (excluding diaryl/α,β-unsaturated/α-hetero) is 1. The van der Waals surface area contributed by atoms with Crippen LogP contribution >= 0.6 is 0 Å². The van der Waals surface area contributed by atoms with Crippen LogP contribution in [0, 0.1) is 0 Å². The number of unbranched alkanes of at least 4 members (excludes halogenated alkanes) is 4. The minimum atomic E-state index is -0.221. The number of aliphatic hydroxyl groups is 1. The predicted molar refractivity (Wildman–Crippen MR) is 189 cm³/mol. The summed E-state index contributed by atoms with van der Waals surface area (Å²) in [6.45, 7) is 20.7. The summed E-state index contributed by atoms with van der Waals surface area (Å²) in [6.07, 6.45) is 16.5. The van der Waals surface area contributed by atoms with Gasteiger partial charge in [0.1, 0.15) is 0 Å². The van der Waals surface area contributed by atoms with Gasteiger partial charge in [0.2, 0.25) is 5.78 Å². The van der Waals surface area contributed by atoms with Gasteiger partial charge in [-0.1, -0.05) is 138 Å². The Balaban J connectivity index is 2.95. The second-order valence-corrected chi connectivity index (χ2v) is 13.4. The maximum Gasteiger partial charge on any atom is 0.227 e. The molecule has 0 radical (unpaired) electrons. The summed E-state index contributed by atoms with van der Waals surface area (Å²) in [5.74, 6) is 1.07. The first-order valence-corrected chi connectivity index (χ1v) is 17.9. The van der Waals surface area contributed by atoms with Crippen molar-refractivity contribution in [2.45, 2.75) is 169 Å². The van der Waals surface area contributed by atoms with Crippen LogP contribution in [0.15, 0.2) is 36.1 Å². The summed E-state index contributed by atoms with van der Waals surface area (Å²) in [5, 5.41) is 11.4. The van der Waals surface area contributed by atoms with Crippen LogP contribution in [-0.2, 0) is 6.42 Å². The molecule has 2 heteroatoms. The van der Waals surface area contributed by atoms with E-state index in [1.807, 2.05) is 12.1 Å². The quantitative estimate of drug-likeness (QED) is 0.0949. The maximum atomic E-state index is 14.4. The molecule has 0 spiro atoms. The summed E-state index contributed by atoms with van der Waals surface area (Å²) in [7, 11) is 0. The van der Waals surface area contributed by atoms with Gasteiger partial charge < -0.3 is 5.11 Å². The molecule has 0 aliphatic rings.